The molecule has 2 heterocycles. The lowest BCUT2D eigenvalue weighted by Crippen LogP contribution is -2.52. The Hall–Kier alpha value is -0.910. The third kappa shape index (κ3) is 2.83. The van der Waals surface area contributed by atoms with Crippen molar-refractivity contribution in [3.8, 4) is 0 Å². The molecule has 0 aromatic carbocycles. The highest BCUT2D eigenvalue weighted by Gasteiger charge is 2.36. The number of Topliss-reactive ketones (excluding diaryl/α,β-unsaturated/α-hetero) is 1. The van der Waals surface area contributed by atoms with E-state index in [9.17, 15) is 4.79 Å². The monoisotopic (exact) mass is 285 g/mol. The number of nitrogens with two attached hydrogens (primary N) is 1. The van der Waals surface area contributed by atoms with Crippen molar-refractivity contribution in [3.63, 3.8) is 0 Å². The van der Waals surface area contributed by atoms with Gasteiger partial charge in [0.15, 0.2) is 5.78 Å². The molecule has 1 aromatic rings. The lowest BCUT2D eigenvalue weighted by molar-refractivity contribution is -0.127. The first-order valence-electron chi connectivity index (χ1n) is 6.59. The second-order valence-corrected chi connectivity index (χ2v) is 5.41. The molecular formula is C13H20ClN3O2. The summed E-state index contributed by atoms with van der Waals surface area (Å²) in [5.74, 6) is 0.0206. The van der Waals surface area contributed by atoms with E-state index in [1.165, 1.54) is 0 Å². The number of aromatic nitrogens is 2. The molecule has 1 fully saturated rings. The quantitative estimate of drug-likeness (QED) is 0.910. The summed E-state index contributed by atoms with van der Waals surface area (Å²) in [6.45, 7) is 5.60. The predicted molar refractivity (Wildman–Crippen MR) is 73.3 cm³/mol. The van der Waals surface area contributed by atoms with E-state index in [1.807, 2.05) is 13.8 Å². The number of hydrogen-bond acceptors (Lipinski definition) is 4. The molecule has 0 unspecified atom stereocenters. The fourth-order valence-corrected chi connectivity index (χ4v) is 2.58. The molecule has 0 atom stereocenters. The number of ketones is 1. The molecule has 6 heteroatoms. The van der Waals surface area contributed by atoms with E-state index in [0.717, 1.165) is 11.4 Å². The van der Waals surface area contributed by atoms with Crippen molar-refractivity contribution in [2.45, 2.75) is 45.2 Å². The normalized spacial score (nSPS) is 18.5. The average Bonchev–Trinajstić information content (AvgIpc) is 2.67. The Balaban J connectivity index is 2.18. The van der Waals surface area contributed by atoms with Crippen LogP contribution in [0.1, 0.15) is 31.2 Å². The van der Waals surface area contributed by atoms with E-state index in [-0.39, 0.29) is 12.2 Å². The molecule has 1 aliphatic rings. The zero-order chi connectivity index (χ0) is 14.0. The van der Waals surface area contributed by atoms with E-state index in [4.69, 9.17) is 22.1 Å². The molecule has 5 nitrogen and oxygen atoms in total. The van der Waals surface area contributed by atoms with Crippen LogP contribution in [-0.4, -0.2) is 34.3 Å². The molecule has 1 aromatic heterocycles. The first kappa shape index (κ1) is 14.5. The Bertz CT molecular complexity index is 478. The van der Waals surface area contributed by atoms with Crippen LogP contribution in [0.5, 0.6) is 0 Å². The number of ether oxygens (including phenoxy) is 1. The van der Waals surface area contributed by atoms with Gasteiger partial charge in [0.1, 0.15) is 0 Å². The van der Waals surface area contributed by atoms with Gasteiger partial charge in [-0.25, -0.2) is 0 Å². The zero-order valence-corrected chi connectivity index (χ0v) is 12.2. The van der Waals surface area contributed by atoms with E-state index < -0.39 is 5.54 Å². The van der Waals surface area contributed by atoms with Gasteiger partial charge in [-0.3, -0.25) is 9.48 Å². The summed E-state index contributed by atoms with van der Waals surface area (Å²) >= 11 is 6.22. The largest absolute Gasteiger partial charge is 0.381 e. The summed E-state index contributed by atoms with van der Waals surface area (Å²) in [6.07, 6.45) is 1.38. The summed E-state index contributed by atoms with van der Waals surface area (Å²) in [7, 11) is 0. The van der Waals surface area contributed by atoms with Crippen molar-refractivity contribution in [2.75, 3.05) is 13.2 Å². The summed E-state index contributed by atoms with van der Waals surface area (Å²) in [4.78, 5) is 12.4. The Morgan fingerprint density at radius 1 is 1.53 bits per heavy atom. The minimum atomic E-state index is -0.779. The minimum Gasteiger partial charge on any atom is -0.381 e. The average molecular weight is 286 g/mol. The van der Waals surface area contributed by atoms with Gasteiger partial charge in [-0.05, 0) is 26.7 Å². The highest BCUT2D eigenvalue weighted by Crippen LogP contribution is 2.25. The molecule has 1 aliphatic heterocycles. The molecule has 0 spiro atoms. The van der Waals surface area contributed by atoms with Gasteiger partial charge < -0.3 is 10.5 Å². The van der Waals surface area contributed by atoms with Crippen LogP contribution in [0.4, 0.5) is 0 Å². The van der Waals surface area contributed by atoms with Crippen LogP contribution in [0.3, 0.4) is 0 Å². The minimum absolute atomic E-state index is 0.0206. The predicted octanol–water partition coefficient (Wildman–Crippen LogP) is 1.48. The van der Waals surface area contributed by atoms with Gasteiger partial charge >= 0.3 is 0 Å². The smallest absolute Gasteiger partial charge is 0.158 e. The molecule has 0 bridgehead atoms. The second kappa shape index (κ2) is 5.61. The van der Waals surface area contributed by atoms with Crippen molar-refractivity contribution >= 4 is 17.4 Å². The number of nitrogens with zero attached hydrogens (tertiary/aromatic N) is 2. The van der Waals surface area contributed by atoms with Crippen LogP contribution in [-0.2, 0) is 22.5 Å². The maximum Gasteiger partial charge on any atom is 0.158 e. The van der Waals surface area contributed by atoms with Crippen molar-refractivity contribution < 1.29 is 9.53 Å². The molecular weight excluding hydrogens is 266 g/mol. The lowest BCUT2D eigenvalue weighted by atomic mass is 9.85. The molecule has 1 saturated heterocycles. The summed E-state index contributed by atoms with van der Waals surface area (Å²) in [5, 5.41) is 4.89. The van der Waals surface area contributed by atoms with E-state index in [1.54, 1.807) is 4.68 Å². The number of rotatable bonds is 4. The molecule has 0 amide bonds. The van der Waals surface area contributed by atoms with Crippen LogP contribution in [0, 0.1) is 6.92 Å². The summed E-state index contributed by atoms with van der Waals surface area (Å²) in [6, 6.07) is 0. The second-order valence-electron chi connectivity index (χ2n) is 5.03. The summed E-state index contributed by atoms with van der Waals surface area (Å²) in [5.41, 5.74) is 6.94. The molecule has 106 valence electrons. The zero-order valence-electron chi connectivity index (χ0n) is 11.4. The van der Waals surface area contributed by atoms with Gasteiger partial charge in [-0.15, -0.1) is 0 Å². The molecule has 0 radical (unpaired) electrons. The van der Waals surface area contributed by atoms with Crippen molar-refractivity contribution in [1.29, 1.82) is 0 Å². The van der Waals surface area contributed by atoms with E-state index >= 15 is 0 Å². The number of carbonyl (C=O) groups is 1. The highest BCUT2D eigenvalue weighted by atomic mass is 35.5. The molecule has 2 rings (SSSR count). The molecule has 0 aliphatic carbocycles. The van der Waals surface area contributed by atoms with Crippen LogP contribution >= 0.6 is 11.6 Å². The highest BCUT2D eigenvalue weighted by molar-refractivity contribution is 6.32. The van der Waals surface area contributed by atoms with Crippen molar-refractivity contribution in [2.24, 2.45) is 5.73 Å². The van der Waals surface area contributed by atoms with Crippen molar-refractivity contribution in [3.05, 3.63) is 16.4 Å². The lowest BCUT2D eigenvalue weighted by Gasteiger charge is -2.31. The van der Waals surface area contributed by atoms with Gasteiger partial charge in [-0.2, -0.15) is 5.10 Å². The number of aryl methyl sites for hydroxylation is 2. The fourth-order valence-electron chi connectivity index (χ4n) is 2.38. The van der Waals surface area contributed by atoms with Gasteiger partial charge in [0.25, 0.3) is 0 Å². The molecule has 19 heavy (non-hydrogen) atoms. The maximum atomic E-state index is 12.4. The Morgan fingerprint density at radius 2 is 2.16 bits per heavy atom. The number of carbonyl (C=O) groups excluding carboxylic acids is 1. The fraction of sp³-hybridized carbons (Fsp3) is 0.692. The first-order chi connectivity index (χ1) is 8.98. The number of halogens is 1. The molecule has 2 N–H and O–H groups in total. The standard InChI is InChI=1S/C13H20ClN3O2/c1-3-17-10(12(14)9(2)16-17)8-11(18)13(15)4-6-19-7-5-13/h3-8,15H2,1-2H3. The topological polar surface area (TPSA) is 70.1 Å². The summed E-state index contributed by atoms with van der Waals surface area (Å²) < 4.78 is 7.04. The third-order valence-electron chi connectivity index (χ3n) is 3.72. The maximum absolute atomic E-state index is 12.4. The third-order valence-corrected chi connectivity index (χ3v) is 4.21. The van der Waals surface area contributed by atoms with Crippen molar-refractivity contribution in [1.82, 2.24) is 9.78 Å². The van der Waals surface area contributed by atoms with Gasteiger partial charge in [0, 0.05) is 19.8 Å². The van der Waals surface area contributed by atoms with Gasteiger partial charge in [0.05, 0.1) is 28.4 Å². The van der Waals surface area contributed by atoms with Crippen LogP contribution in [0.15, 0.2) is 0 Å². The van der Waals surface area contributed by atoms with E-state index in [0.29, 0.717) is 37.6 Å². The van der Waals surface area contributed by atoms with Crippen LogP contribution in [0.2, 0.25) is 5.02 Å². The first-order valence-corrected chi connectivity index (χ1v) is 6.97. The Kier molecular flexibility index (Phi) is 4.28. The van der Waals surface area contributed by atoms with Crippen LogP contribution in [0.25, 0.3) is 0 Å². The van der Waals surface area contributed by atoms with Gasteiger partial charge in [0.2, 0.25) is 0 Å². The van der Waals surface area contributed by atoms with Gasteiger partial charge in [-0.1, -0.05) is 11.6 Å². The van der Waals surface area contributed by atoms with Crippen LogP contribution < -0.4 is 5.73 Å². The Labute approximate surface area is 118 Å². The Morgan fingerprint density at radius 3 is 2.74 bits per heavy atom. The number of hydrogen-bond donors (Lipinski definition) is 1. The molecule has 0 saturated carbocycles. The van der Waals surface area contributed by atoms with E-state index in [2.05, 4.69) is 5.10 Å². The SMILES string of the molecule is CCn1nc(C)c(Cl)c1CC(=O)C1(N)CCOCC1.